The second-order valence-electron chi connectivity index (χ2n) is 5.51. The summed E-state index contributed by atoms with van der Waals surface area (Å²) < 4.78 is 26.8. The highest BCUT2D eigenvalue weighted by Gasteiger charge is 2.27. The van der Waals surface area contributed by atoms with Gasteiger partial charge in [-0.1, -0.05) is 0 Å². The number of ether oxygens (including phenoxy) is 4. The Morgan fingerprint density at radius 3 is 2.54 bits per heavy atom. The van der Waals surface area contributed by atoms with Gasteiger partial charge in [0.25, 0.3) is 0 Å². The Hall–Kier alpha value is -3.55. The van der Waals surface area contributed by atoms with Crippen LogP contribution < -0.4 is 24.4 Å². The fraction of sp³-hybridized carbons (Fsp3) is 0.167. The molecule has 0 radical (unpaired) electrons. The summed E-state index contributed by atoms with van der Waals surface area (Å²) in [5.41, 5.74) is 0.242. The first-order chi connectivity index (χ1) is 12.6. The quantitative estimate of drug-likeness (QED) is 0.688. The van der Waals surface area contributed by atoms with Crippen molar-refractivity contribution in [3.63, 3.8) is 0 Å². The molecule has 1 aliphatic heterocycles. The van der Waals surface area contributed by atoms with E-state index >= 15 is 0 Å². The van der Waals surface area contributed by atoms with Gasteiger partial charge in [0.15, 0.2) is 23.0 Å². The molecule has 0 bridgehead atoms. The van der Waals surface area contributed by atoms with E-state index in [0.717, 1.165) is 0 Å². The van der Waals surface area contributed by atoms with Crippen LogP contribution >= 0.6 is 0 Å². The lowest BCUT2D eigenvalue weighted by atomic mass is 10.0. The number of hydrogen-bond donors (Lipinski definition) is 2. The van der Waals surface area contributed by atoms with E-state index in [-0.39, 0.29) is 46.1 Å². The Labute approximate surface area is 146 Å². The first-order valence-electron chi connectivity index (χ1n) is 7.58. The Bertz CT molecular complexity index is 1080. The number of phenolic OH excluding ortho intramolecular Hbond substituents is 2. The molecule has 0 fully saturated rings. The zero-order valence-corrected chi connectivity index (χ0v) is 13.9. The molecule has 0 spiro atoms. The van der Waals surface area contributed by atoms with Crippen LogP contribution in [0, 0.1) is 0 Å². The third-order valence-electron chi connectivity index (χ3n) is 4.17. The van der Waals surface area contributed by atoms with E-state index in [1.807, 2.05) is 0 Å². The molecule has 1 aromatic heterocycles. The predicted molar refractivity (Wildman–Crippen MR) is 90.5 cm³/mol. The minimum atomic E-state index is -0.470. The third kappa shape index (κ3) is 2.12. The fourth-order valence-electron chi connectivity index (χ4n) is 2.97. The number of aromatic hydroxyl groups is 2. The van der Waals surface area contributed by atoms with E-state index in [9.17, 15) is 15.0 Å². The van der Waals surface area contributed by atoms with Crippen molar-refractivity contribution < 1.29 is 33.6 Å². The number of hydrogen-bond acceptors (Lipinski definition) is 8. The number of rotatable bonds is 3. The fourth-order valence-corrected chi connectivity index (χ4v) is 2.97. The highest BCUT2D eigenvalue weighted by atomic mass is 16.7. The highest BCUT2D eigenvalue weighted by Crippen LogP contribution is 2.46. The van der Waals surface area contributed by atoms with Crippen LogP contribution in [0.1, 0.15) is 0 Å². The molecule has 0 amide bonds. The molecule has 2 heterocycles. The van der Waals surface area contributed by atoms with E-state index in [0.29, 0.717) is 11.5 Å². The maximum absolute atomic E-state index is 13.1. The van der Waals surface area contributed by atoms with E-state index in [1.165, 1.54) is 32.6 Å². The average Bonchev–Trinajstić information content (AvgIpc) is 3.11. The molecule has 0 atom stereocenters. The molecule has 8 nitrogen and oxygen atoms in total. The van der Waals surface area contributed by atoms with Crippen molar-refractivity contribution in [2.24, 2.45) is 0 Å². The van der Waals surface area contributed by atoms with Crippen molar-refractivity contribution in [3.05, 3.63) is 34.7 Å². The lowest BCUT2D eigenvalue weighted by molar-refractivity contribution is 0.171. The average molecular weight is 358 g/mol. The summed E-state index contributed by atoms with van der Waals surface area (Å²) in [7, 11) is 2.73. The maximum Gasteiger partial charge on any atom is 0.231 e. The van der Waals surface area contributed by atoms with Crippen molar-refractivity contribution in [1.29, 1.82) is 0 Å². The van der Waals surface area contributed by atoms with Gasteiger partial charge in [-0.15, -0.1) is 0 Å². The Balaban J connectivity index is 2.06. The van der Waals surface area contributed by atoms with Gasteiger partial charge >= 0.3 is 0 Å². The second kappa shape index (κ2) is 5.76. The van der Waals surface area contributed by atoms with E-state index in [4.69, 9.17) is 23.4 Å². The largest absolute Gasteiger partial charge is 0.504 e. The standard InChI is InChI=1S/C18H14O8/c1-22-16-8(3-4-10(19)15(16)21)9-6-24-11-5-12-17(26-7-25-12)18(23-2)13(11)14(9)20/h3-6,19,21H,7H2,1-2H3. The molecule has 8 heteroatoms. The van der Waals surface area contributed by atoms with Crippen LogP contribution in [0.15, 0.2) is 33.7 Å². The van der Waals surface area contributed by atoms with Crippen LogP contribution in [0.4, 0.5) is 0 Å². The van der Waals surface area contributed by atoms with Crippen LogP contribution in [0.25, 0.3) is 22.1 Å². The summed E-state index contributed by atoms with van der Waals surface area (Å²) >= 11 is 0. The highest BCUT2D eigenvalue weighted by molar-refractivity contribution is 5.92. The SMILES string of the molecule is COc1c(-c2coc3cc4c(c(OC)c3c2=O)OCO4)ccc(O)c1O. The molecule has 0 aliphatic carbocycles. The molecule has 4 rings (SSSR count). The topological polar surface area (TPSA) is 108 Å². The Morgan fingerprint density at radius 1 is 1.04 bits per heavy atom. The summed E-state index contributed by atoms with van der Waals surface area (Å²) in [5.74, 6) is 0.0675. The van der Waals surface area contributed by atoms with Crippen LogP contribution in [0.2, 0.25) is 0 Å². The molecule has 3 aromatic rings. The normalized spacial score (nSPS) is 12.4. The molecule has 2 N–H and O–H groups in total. The van der Waals surface area contributed by atoms with Gasteiger partial charge in [-0.2, -0.15) is 0 Å². The van der Waals surface area contributed by atoms with Crippen molar-refractivity contribution in [3.8, 4) is 45.6 Å². The van der Waals surface area contributed by atoms with Gasteiger partial charge in [0.1, 0.15) is 17.2 Å². The van der Waals surface area contributed by atoms with Gasteiger partial charge in [0.05, 0.1) is 19.8 Å². The summed E-state index contributed by atoms with van der Waals surface area (Å²) in [4.78, 5) is 13.1. The van der Waals surface area contributed by atoms with E-state index in [2.05, 4.69) is 0 Å². The van der Waals surface area contributed by atoms with Gasteiger partial charge in [0.2, 0.25) is 23.7 Å². The van der Waals surface area contributed by atoms with Crippen LogP contribution in [0.5, 0.6) is 34.5 Å². The maximum atomic E-state index is 13.1. The number of methoxy groups -OCH3 is 2. The molecular weight excluding hydrogens is 344 g/mol. The van der Waals surface area contributed by atoms with Gasteiger partial charge in [-0.25, -0.2) is 0 Å². The minimum absolute atomic E-state index is 0.0166. The lowest BCUT2D eigenvalue weighted by Gasteiger charge is -2.12. The molecule has 1 aliphatic rings. The molecular formula is C18H14O8. The Morgan fingerprint density at radius 2 is 1.81 bits per heavy atom. The second-order valence-corrected chi connectivity index (χ2v) is 5.51. The summed E-state index contributed by atoms with van der Waals surface area (Å²) in [6.45, 7) is 0.0166. The number of benzene rings is 2. The number of fused-ring (bicyclic) bond motifs is 2. The van der Waals surface area contributed by atoms with Gasteiger partial charge < -0.3 is 33.6 Å². The monoisotopic (exact) mass is 358 g/mol. The van der Waals surface area contributed by atoms with Crippen molar-refractivity contribution in [2.45, 2.75) is 0 Å². The van der Waals surface area contributed by atoms with Crippen molar-refractivity contribution >= 4 is 11.0 Å². The molecule has 134 valence electrons. The van der Waals surface area contributed by atoms with Crippen molar-refractivity contribution in [2.75, 3.05) is 21.0 Å². The van der Waals surface area contributed by atoms with Crippen LogP contribution in [0.3, 0.4) is 0 Å². The van der Waals surface area contributed by atoms with Crippen molar-refractivity contribution in [1.82, 2.24) is 0 Å². The zero-order chi connectivity index (χ0) is 18.4. The van der Waals surface area contributed by atoms with Gasteiger partial charge in [0, 0.05) is 11.6 Å². The molecule has 0 saturated carbocycles. The molecule has 2 aromatic carbocycles. The summed E-state index contributed by atoms with van der Waals surface area (Å²) in [6.07, 6.45) is 1.25. The lowest BCUT2D eigenvalue weighted by Crippen LogP contribution is -2.07. The number of phenols is 2. The van der Waals surface area contributed by atoms with Crippen LogP contribution in [-0.2, 0) is 0 Å². The first-order valence-corrected chi connectivity index (χ1v) is 7.58. The molecule has 26 heavy (non-hydrogen) atoms. The zero-order valence-electron chi connectivity index (χ0n) is 13.9. The summed E-state index contributed by atoms with van der Waals surface area (Å²) in [5, 5.41) is 19.8. The summed E-state index contributed by atoms with van der Waals surface area (Å²) in [6, 6.07) is 4.26. The first kappa shape index (κ1) is 15.9. The predicted octanol–water partition coefficient (Wildman–Crippen LogP) is 2.62. The molecule has 0 unspecified atom stereocenters. The van der Waals surface area contributed by atoms with Crippen LogP contribution in [-0.4, -0.2) is 31.2 Å². The van der Waals surface area contributed by atoms with E-state index < -0.39 is 11.2 Å². The third-order valence-corrected chi connectivity index (χ3v) is 4.17. The van der Waals surface area contributed by atoms with Gasteiger partial charge in [-0.3, -0.25) is 4.79 Å². The van der Waals surface area contributed by atoms with Gasteiger partial charge in [-0.05, 0) is 12.1 Å². The molecule has 0 saturated heterocycles. The Kier molecular flexibility index (Phi) is 3.54. The smallest absolute Gasteiger partial charge is 0.231 e. The van der Waals surface area contributed by atoms with E-state index in [1.54, 1.807) is 6.07 Å². The minimum Gasteiger partial charge on any atom is -0.504 e.